The van der Waals surface area contributed by atoms with E-state index in [1.165, 1.54) is 24.0 Å². The molecule has 0 aromatic heterocycles. The molecule has 2 atom stereocenters. The first-order valence-corrected chi connectivity index (χ1v) is 13.7. The van der Waals surface area contributed by atoms with E-state index < -0.39 is 0 Å². The maximum atomic E-state index is 3.00. The summed E-state index contributed by atoms with van der Waals surface area (Å²) in [6, 6.07) is 19.2. The first-order valence-electron chi connectivity index (χ1n) is 13.7. The molecule has 2 aromatic rings. The van der Waals surface area contributed by atoms with Crippen molar-refractivity contribution in [1.29, 1.82) is 0 Å². The van der Waals surface area contributed by atoms with Crippen molar-refractivity contribution in [2.75, 3.05) is 0 Å². The van der Waals surface area contributed by atoms with Gasteiger partial charge in [0.15, 0.2) is 0 Å². The van der Waals surface area contributed by atoms with Gasteiger partial charge in [0.2, 0.25) is 0 Å². The van der Waals surface area contributed by atoms with E-state index >= 15 is 0 Å². The number of rotatable bonds is 0. The minimum atomic E-state index is 0. The predicted octanol–water partition coefficient (Wildman–Crippen LogP) is 4.18. The van der Waals surface area contributed by atoms with Crippen molar-refractivity contribution in [3.8, 4) is 0 Å². The fourth-order valence-corrected chi connectivity index (χ4v) is 7.89. The van der Waals surface area contributed by atoms with Crippen LogP contribution >= 0.6 is 0 Å². The van der Waals surface area contributed by atoms with Crippen molar-refractivity contribution in [3.05, 3.63) is 114 Å². The maximum absolute atomic E-state index is 3.00. The van der Waals surface area contributed by atoms with Crippen LogP contribution in [0.15, 0.2) is 96.6 Å². The van der Waals surface area contributed by atoms with Crippen LogP contribution in [-0.4, -0.2) is 0 Å². The van der Waals surface area contributed by atoms with E-state index in [0.717, 1.165) is 6.42 Å². The summed E-state index contributed by atoms with van der Waals surface area (Å²) in [4.78, 5) is 0. The molecule has 2 unspecified atom stereocenters. The third-order valence-corrected chi connectivity index (χ3v) is 11.3. The molecule has 1 fully saturated rings. The van der Waals surface area contributed by atoms with Crippen LogP contribution in [-0.2, 0) is 32.3 Å². The van der Waals surface area contributed by atoms with Gasteiger partial charge in [-0.2, -0.15) is 29.3 Å². The average Bonchev–Trinajstić information content (AvgIpc) is 3.56. The number of allylic oxidation sites excluding steroid dienone is 6. The smallest absolute Gasteiger partial charge is 1.00 e. The molecule has 0 spiro atoms. The Morgan fingerprint density at radius 2 is 1.46 bits per heavy atom. The van der Waals surface area contributed by atoms with Crippen molar-refractivity contribution < 1.29 is 50.7 Å². The Morgan fingerprint density at radius 1 is 0.872 bits per heavy atom. The van der Waals surface area contributed by atoms with Crippen LogP contribution < -0.4 is 24.8 Å². The van der Waals surface area contributed by atoms with Crippen molar-refractivity contribution in [2.24, 2.45) is 27.6 Å². The Bertz CT molecular complexity index is 1190. The van der Waals surface area contributed by atoms with Crippen LogP contribution in [0.4, 0.5) is 0 Å². The molecule has 1 saturated carbocycles. The number of fused-ring (bicyclic) bond motifs is 6. The summed E-state index contributed by atoms with van der Waals surface area (Å²) in [6.45, 7) is 26.3. The average molecular weight is 728 g/mol. The first kappa shape index (κ1) is 35.9. The van der Waals surface area contributed by atoms with Gasteiger partial charge in [0, 0.05) is 0 Å². The number of hydrogen-bond acceptors (Lipinski definition) is 0. The van der Waals surface area contributed by atoms with Crippen molar-refractivity contribution >= 4 is 5.57 Å². The van der Waals surface area contributed by atoms with E-state index in [0.29, 0.717) is 5.92 Å². The van der Waals surface area contributed by atoms with E-state index in [1.807, 2.05) is 30.3 Å². The molecule has 39 heavy (non-hydrogen) atoms. The molecule has 0 heterocycles. The Kier molecular flexibility index (Phi) is 11.8. The second kappa shape index (κ2) is 12.8. The summed E-state index contributed by atoms with van der Waals surface area (Å²) in [5.41, 5.74) is 10.3. The molecular formula is C36H46Cl2Hf. The van der Waals surface area contributed by atoms with E-state index in [4.69, 9.17) is 0 Å². The topological polar surface area (TPSA) is 0 Å². The third kappa shape index (κ3) is 4.97. The summed E-state index contributed by atoms with van der Waals surface area (Å²) in [5.74, 6) is 2.24. The van der Waals surface area contributed by atoms with E-state index in [9.17, 15) is 0 Å². The molecule has 0 N–H and O–H groups in total. The minimum absolute atomic E-state index is 0. The first-order chi connectivity index (χ1) is 17.0. The summed E-state index contributed by atoms with van der Waals surface area (Å²) in [6.07, 6.45) is 8.50. The summed E-state index contributed by atoms with van der Waals surface area (Å²) >= 11 is 0. The normalized spacial score (nSPS) is 25.8. The van der Waals surface area contributed by atoms with Crippen LogP contribution in [0.5, 0.6) is 0 Å². The van der Waals surface area contributed by atoms with Crippen LogP contribution in [0.2, 0.25) is 0 Å². The minimum Gasteiger partial charge on any atom is -1.00 e. The monoisotopic (exact) mass is 728 g/mol. The largest absolute Gasteiger partial charge is 4.00 e. The van der Waals surface area contributed by atoms with Gasteiger partial charge < -0.3 is 24.8 Å². The van der Waals surface area contributed by atoms with Crippen LogP contribution in [0.1, 0.15) is 79.4 Å². The van der Waals surface area contributed by atoms with Gasteiger partial charge in [-0.25, -0.2) is 18.1 Å². The van der Waals surface area contributed by atoms with Crippen LogP contribution in [0.3, 0.4) is 0 Å². The van der Waals surface area contributed by atoms with Crippen LogP contribution in [0, 0.1) is 33.5 Å². The van der Waals surface area contributed by atoms with Gasteiger partial charge in [-0.05, 0) is 40.6 Å². The van der Waals surface area contributed by atoms with Gasteiger partial charge in [0.1, 0.15) is 0 Å². The molecule has 4 aliphatic rings. The Hall–Kier alpha value is -1.15. The molecule has 0 radical (unpaired) electrons. The molecule has 0 amide bonds. The zero-order valence-corrected chi connectivity index (χ0v) is 30.3. The summed E-state index contributed by atoms with van der Waals surface area (Å²) in [5, 5.41) is 0. The molecule has 2 aromatic carbocycles. The van der Waals surface area contributed by atoms with Gasteiger partial charge in [0.25, 0.3) is 0 Å². The maximum Gasteiger partial charge on any atom is 4.00 e. The molecule has 6 rings (SSSR count). The zero-order valence-electron chi connectivity index (χ0n) is 25.2. The number of hydrogen-bond donors (Lipinski definition) is 0. The molecular weight excluding hydrogens is 682 g/mol. The molecule has 0 bridgehead atoms. The van der Waals surface area contributed by atoms with Crippen molar-refractivity contribution in [1.82, 2.24) is 0 Å². The standard InChI is InChI=1S/C29H37.C5H5.C2H4.2ClH.Hf/c1-18-25-22-17-19-13-9-10-14-20(19)24(22)21-15-11-12-16-23(21)29(25,8)28(6,7)27(4,5)26(18,2)3;1-2-4-5-3-1;1-2;;;/h9-11,13-15,23H,12,16-17H2,1-8H3;1-5H;1-2H2;2*1H;/q2*-1;;;;+4/p-2. The fraction of sp³-hybridized carbons (Fsp3) is 0.444. The van der Waals surface area contributed by atoms with E-state index in [2.05, 4.69) is 105 Å². The Labute approximate surface area is 270 Å². The van der Waals surface area contributed by atoms with Crippen LogP contribution in [0.25, 0.3) is 5.57 Å². The number of halogens is 2. The summed E-state index contributed by atoms with van der Waals surface area (Å²) in [7, 11) is 0. The molecule has 208 valence electrons. The second-order valence-electron chi connectivity index (χ2n) is 12.7. The second-order valence-corrected chi connectivity index (χ2v) is 12.7. The molecule has 4 aliphatic carbocycles. The van der Waals surface area contributed by atoms with E-state index in [-0.39, 0.29) is 72.3 Å². The van der Waals surface area contributed by atoms with Gasteiger partial charge in [-0.15, -0.1) is 20.1 Å². The predicted molar refractivity (Wildman–Crippen MR) is 158 cm³/mol. The van der Waals surface area contributed by atoms with Gasteiger partial charge in [-0.3, -0.25) is 0 Å². The SMILES string of the molecule is C=C.C[C-]1C2=C3Cc4ccccc4C3=C3C=CCCC3C2(C)C(C)(C)C(C)(C)C1(C)C.[Cl-].[Cl-].[Hf+4].c1cc[cH-]c1. The molecule has 0 nitrogen and oxygen atoms in total. The Balaban J connectivity index is 0.000000677. The van der Waals surface area contributed by atoms with Crippen molar-refractivity contribution in [2.45, 2.75) is 74.7 Å². The van der Waals surface area contributed by atoms with Crippen molar-refractivity contribution in [3.63, 3.8) is 0 Å². The van der Waals surface area contributed by atoms with E-state index in [1.54, 1.807) is 28.2 Å². The number of benzene rings is 1. The van der Waals surface area contributed by atoms with Gasteiger partial charge in [0.05, 0.1) is 0 Å². The molecule has 0 aliphatic heterocycles. The Morgan fingerprint density at radius 3 is 2.03 bits per heavy atom. The third-order valence-electron chi connectivity index (χ3n) is 11.3. The molecule has 0 saturated heterocycles. The zero-order chi connectivity index (χ0) is 26.5. The summed E-state index contributed by atoms with van der Waals surface area (Å²) < 4.78 is 0. The fourth-order valence-electron chi connectivity index (χ4n) is 7.89. The quantitative estimate of drug-likeness (QED) is 0.217. The van der Waals surface area contributed by atoms with Gasteiger partial charge in [-0.1, -0.05) is 113 Å². The van der Waals surface area contributed by atoms with Gasteiger partial charge >= 0.3 is 25.8 Å². The molecule has 3 heteroatoms.